The van der Waals surface area contributed by atoms with E-state index in [2.05, 4.69) is 10.3 Å². The van der Waals surface area contributed by atoms with E-state index in [1.54, 1.807) is 37.6 Å². The van der Waals surface area contributed by atoms with Gasteiger partial charge in [0.2, 0.25) is 0 Å². The Morgan fingerprint density at radius 3 is 2.81 bits per heavy atom. The number of methoxy groups -OCH3 is 1. The summed E-state index contributed by atoms with van der Waals surface area (Å²) >= 11 is 0. The van der Waals surface area contributed by atoms with Crippen molar-refractivity contribution in [2.24, 2.45) is 0 Å². The van der Waals surface area contributed by atoms with Crippen LogP contribution in [0, 0.1) is 0 Å². The zero-order valence-electron chi connectivity index (χ0n) is 14.2. The minimum absolute atomic E-state index is 0.0800. The molecule has 1 aliphatic heterocycles. The lowest BCUT2D eigenvalue weighted by Crippen LogP contribution is -2.00. The summed E-state index contributed by atoms with van der Waals surface area (Å²) in [6, 6.07) is 10.6. The quantitative estimate of drug-likeness (QED) is 0.734. The van der Waals surface area contributed by atoms with Gasteiger partial charge in [0, 0.05) is 17.3 Å². The number of nitrogens with one attached hydrogen (secondary N) is 1. The lowest BCUT2D eigenvalue weighted by molar-refractivity contribution is 0.281. The molecule has 0 fully saturated rings. The van der Waals surface area contributed by atoms with Gasteiger partial charge in [-0.25, -0.2) is 8.42 Å². The number of anilines is 2. The standard InChI is InChI=1S/C19H18N2O4S/c1-25-17-4-2-12(11-22)10-16(17)21-15-6-8-20-14-3-5-18-13(19(14)15)7-9-26(18,23)24/h2-6,8,10,22H,7,9,11H2,1H3,(H,20,21). The van der Waals surface area contributed by atoms with Crippen LogP contribution < -0.4 is 10.1 Å². The summed E-state index contributed by atoms with van der Waals surface area (Å²) in [6.07, 6.45) is 2.16. The maximum Gasteiger partial charge on any atom is 0.179 e. The lowest BCUT2D eigenvalue weighted by Gasteiger charge is -2.15. The molecule has 0 aliphatic carbocycles. The molecule has 0 unspecified atom stereocenters. The van der Waals surface area contributed by atoms with Gasteiger partial charge < -0.3 is 15.2 Å². The van der Waals surface area contributed by atoms with Crippen molar-refractivity contribution in [3.63, 3.8) is 0 Å². The Balaban J connectivity index is 1.90. The van der Waals surface area contributed by atoms with Gasteiger partial charge in [-0.05, 0) is 47.9 Å². The van der Waals surface area contributed by atoms with Gasteiger partial charge >= 0.3 is 0 Å². The summed E-state index contributed by atoms with van der Waals surface area (Å²) in [7, 11) is -1.65. The topological polar surface area (TPSA) is 88.5 Å². The van der Waals surface area contributed by atoms with Gasteiger partial charge in [-0.15, -0.1) is 0 Å². The minimum Gasteiger partial charge on any atom is -0.495 e. The monoisotopic (exact) mass is 370 g/mol. The van der Waals surface area contributed by atoms with E-state index in [1.807, 2.05) is 12.1 Å². The molecule has 2 heterocycles. The van der Waals surface area contributed by atoms with Crippen LogP contribution in [-0.4, -0.2) is 31.4 Å². The molecule has 0 bridgehead atoms. The van der Waals surface area contributed by atoms with Crippen molar-refractivity contribution < 1.29 is 18.3 Å². The van der Waals surface area contributed by atoms with Gasteiger partial charge in [-0.2, -0.15) is 0 Å². The van der Waals surface area contributed by atoms with E-state index >= 15 is 0 Å². The van der Waals surface area contributed by atoms with Gasteiger partial charge in [-0.3, -0.25) is 4.98 Å². The highest BCUT2D eigenvalue weighted by Crippen LogP contribution is 2.38. The van der Waals surface area contributed by atoms with Crippen LogP contribution in [-0.2, 0) is 22.9 Å². The van der Waals surface area contributed by atoms with Gasteiger partial charge in [-0.1, -0.05) is 6.07 Å². The Morgan fingerprint density at radius 1 is 1.19 bits per heavy atom. The largest absolute Gasteiger partial charge is 0.495 e. The van der Waals surface area contributed by atoms with E-state index in [0.29, 0.717) is 22.8 Å². The zero-order chi connectivity index (χ0) is 18.3. The van der Waals surface area contributed by atoms with Gasteiger partial charge in [0.1, 0.15) is 5.75 Å². The summed E-state index contributed by atoms with van der Waals surface area (Å²) < 4.78 is 29.9. The van der Waals surface area contributed by atoms with Crippen molar-refractivity contribution >= 4 is 32.1 Å². The predicted molar refractivity (Wildman–Crippen MR) is 99.7 cm³/mol. The van der Waals surface area contributed by atoms with E-state index in [1.165, 1.54) is 0 Å². The first-order chi connectivity index (χ1) is 12.5. The first kappa shape index (κ1) is 16.8. The lowest BCUT2D eigenvalue weighted by atomic mass is 10.0. The van der Waals surface area contributed by atoms with Crippen LogP contribution >= 0.6 is 0 Å². The maximum absolute atomic E-state index is 12.3. The number of ether oxygens (including phenoxy) is 1. The zero-order valence-corrected chi connectivity index (χ0v) is 15.0. The Morgan fingerprint density at radius 2 is 2.04 bits per heavy atom. The van der Waals surface area contributed by atoms with E-state index in [9.17, 15) is 13.5 Å². The van der Waals surface area contributed by atoms with Crippen LogP contribution in [0.5, 0.6) is 5.75 Å². The summed E-state index contributed by atoms with van der Waals surface area (Å²) in [5.41, 5.74) is 3.75. The second-order valence-corrected chi connectivity index (χ2v) is 8.26. The Bertz CT molecular complexity index is 1110. The first-order valence-corrected chi connectivity index (χ1v) is 9.87. The first-order valence-electron chi connectivity index (χ1n) is 8.21. The molecule has 1 aliphatic rings. The SMILES string of the molecule is COc1ccc(CO)cc1Nc1ccnc2ccc3c(c12)CCS3(=O)=O. The smallest absolute Gasteiger partial charge is 0.179 e. The molecular formula is C19H18N2O4S. The molecule has 0 saturated carbocycles. The molecule has 4 rings (SSSR count). The third kappa shape index (κ3) is 2.69. The highest BCUT2D eigenvalue weighted by Gasteiger charge is 2.28. The molecule has 0 saturated heterocycles. The van der Waals surface area contributed by atoms with Crippen LogP contribution in [0.4, 0.5) is 11.4 Å². The number of aliphatic hydroxyl groups is 1. The van der Waals surface area contributed by atoms with Gasteiger partial charge in [0.05, 0.1) is 35.6 Å². The third-order valence-corrected chi connectivity index (χ3v) is 6.44. The number of fused-ring (bicyclic) bond motifs is 3. The maximum atomic E-state index is 12.3. The van der Waals surface area contributed by atoms with Crippen LogP contribution in [0.1, 0.15) is 11.1 Å². The molecule has 1 aromatic heterocycles. The molecule has 3 aromatic rings. The number of aliphatic hydroxyl groups excluding tert-OH is 1. The molecule has 26 heavy (non-hydrogen) atoms. The van der Waals surface area contributed by atoms with Crippen LogP contribution in [0.2, 0.25) is 0 Å². The molecule has 2 aromatic carbocycles. The fourth-order valence-electron chi connectivity index (χ4n) is 3.39. The average molecular weight is 370 g/mol. The number of aromatic nitrogens is 1. The van der Waals surface area contributed by atoms with Crippen molar-refractivity contribution in [2.45, 2.75) is 17.9 Å². The summed E-state index contributed by atoms with van der Waals surface area (Å²) in [6.45, 7) is -0.0800. The van der Waals surface area contributed by atoms with Gasteiger partial charge in [0.25, 0.3) is 0 Å². The van der Waals surface area contributed by atoms with Crippen molar-refractivity contribution in [2.75, 3.05) is 18.2 Å². The van der Waals surface area contributed by atoms with E-state index in [0.717, 1.165) is 27.7 Å². The Labute approximate surface area is 151 Å². The predicted octanol–water partition coefficient (Wildman–Crippen LogP) is 2.81. The fourth-order valence-corrected chi connectivity index (χ4v) is 4.93. The summed E-state index contributed by atoms with van der Waals surface area (Å²) in [4.78, 5) is 4.77. The molecule has 0 atom stereocenters. The Kier molecular flexibility index (Phi) is 4.05. The van der Waals surface area contributed by atoms with Crippen molar-refractivity contribution in [1.82, 2.24) is 4.98 Å². The minimum atomic E-state index is -3.22. The molecule has 0 amide bonds. The van der Waals surface area contributed by atoms with Crippen molar-refractivity contribution in [3.05, 3.63) is 53.7 Å². The number of aryl methyl sites for hydroxylation is 1. The van der Waals surface area contributed by atoms with Crippen molar-refractivity contribution in [3.8, 4) is 5.75 Å². The number of pyridine rings is 1. The second-order valence-electron chi connectivity index (χ2n) is 6.18. The van der Waals surface area contributed by atoms with E-state index in [4.69, 9.17) is 4.74 Å². The van der Waals surface area contributed by atoms with Gasteiger partial charge in [0.15, 0.2) is 9.84 Å². The fraction of sp³-hybridized carbons (Fsp3) is 0.211. The molecule has 0 radical (unpaired) electrons. The highest BCUT2D eigenvalue weighted by molar-refractivity contribution is 7.91. The van der Waals surface area contributed by atoms with Crippen LogP contribution in [0.25, 0.3) is 10.9 Å². The van der Waals surface area contributed by atoms with Crippen molar-refractivity contribution in [1.29, 1.82) is 0 Å². The number of hydrogen-bond donors (Lipinski definition) is 2. The molecule has 2 N–H and O–H groups in total. The number of rotatable bonds is 4. The number of benzene rings is 2. The molecule has 7 heteroatoms. The molecule has 134 valence electrons. The van der Waals surface area contributed by atoms with Crippen LogP contribution in [0.15, 0.2) is 47.5 Å². The number of sulfone groups is 1. The molecule has 6 nitrogen and oxygen atoms in total. The van der Waals surface area contributed by atoms with E-state index < -0.39 is 9.84 Å². The number of hydrogen-bond acceptors (Lipinski definition) is 6. The van der Waals surface area contributed by atoms with Crippen LogP contribution in [0.3, 0.4) is 0 Å². The highest BCUT2D eigenvalue weighted by atomic mass is 32.2. The molecular weight excluding hydrogens is 352 g/mol. The average Bonchev–Trinajstić information content (AvgIpc) is 2.96. The summed E-state index contributed by atoms with van der Waals surface area (Å²) in [5.74, 6) is 0.756. The normalized spacial score (nSPS) is 15.0. The number of nitrogens with zero attached hydrogens (tertiary/aromatic N) is 1. The molecule has 0 spiro atoms. The third-order valence-electron chi connectivity index (χ3n) is 4.64. The second kappa shape index (κ2) is 6.26. The van der Waals surface area contributed by atoms with E-state index in [-0.39, 0.29) is 12.4 Å². The summed E-state index contributed by atoms with van der Waals surface area (Å²) in [5, 5.41) is 13.5. The Hall–Kier alpha value is -2.64.